The molecule has 2 heterocycles. The molecule has 72 heavy (non-hydrogen) atoms. The minimum Gasteiger partial charge on any atom is -0.462 e. The minimum atomic E-state index is -1.78. The van der Waals surface area contributed by atoms with Gasteiger partial charge in [0.1, 0.15) is 55.4 Å². The summed E-state index contributed by atoms with van der Waals surface area (Å²) in [6.07, 6.45) is 35.2. The van der Waals surface area contributed by atoms with Crippen LogP contribution in [0.4, 0.5) is 0 Å². The van der Waals surface area contributed by atoms with E-state index in [9.17, 15) is 45.3 Å². The molecule has 2 fully saturated rings. The van der Waals surface area contributed by atoms with Crippen LogP contribution in [-0.4, -0.2) is 142 Å². The maximum Gasteiger partial charge on any atom is 0.306 e. The topological polar surface area (TPSA) is 231 Å². The molecule has 2 aliphatic heterocycles. The molecule has 0 radical (unpaired) electrons. The highest BCUT2D eigenvalue weighted by Crippen LogP contribution is 2.26. The number of allylic oxidation sites excluding steroid dienone is 12. The SMILES string of the molecule is CC/C=C/C/C=C/C/C=C/C/C=C/CCCCCCCCCCCCC(=O)OCC(CO[C@@H]1O[C@H](CO[C@@H]2O[C@H](CO)[C@H](O)C(O)C2O)[C@H](O)C(O)C1O)OC(=O)CC/C=C/C/C=C/CCCCCCCC. The number of hydrogen-bond acceptors (Lipinski definition) is 15. The van der Waals surface area contributed by atoms with E-state index < -0.39 is 99.3 Å². The summed E-state index contributed by atoms with van der Waals surface area (Å²) in [7, 11) is 0. The summed E-state index contributed by atoms with van der Waals surface area (Å²) in [5, 5.41) is 72.1. The summed E-state index contributed by atoms with van der Waals surface area (Å²) < 4.78 is 33.5. The maximum atomic E-state index is 13.0. The lowest BCUT2D eigenvalue weighted by atomic mass is 9.98. The van der Waals surface area contributed by atoms with Gasteiger partial charge in [-0.15, -0.1) is 0 Å². The van der Waals surface area contributed by atoms with Gasteiger partial charge in [-0.3, -0.25) is 9.59 Å². The number of rotatable bonds is 42. The first-order valence-electron chi connectivity index (χ1n) is 27.5. The number of esters is 2. The lowest BCUT2D eigenvalue weighted by Gasteiger charge is -2.42. The number of hydrogen-bond donors (Lipinski definition) is 7. The normalized spacial score (nSPS) is 25.6. The quantitative estimate of drug-likeness (QED) is 0.0172. The molecule has 2 aliphatic rings. The van der Waals surface area contributed by atoms with Crippen LogP contribution in [0.3, 0.4) is 0 Å². The fourth-order valence-corrected chi connectivity index (χ4v) is 8.20. The van der Waals surface area contributed by atoms with Crippen molar-refractivity contribution in [2.75, 3.05) is 26.4 Å². The Kier molecular flexibility index (Phi) is 39.0. The van der Waals surface area contributed by atoms with Gasteiger partial charge in [0, 0.05) is 12.8 Å². The first kappa shape index (κ1) is 65.1. The van der Waals surface area contributed by atoms with E-state index in [2.05, 4.69) is 74.6 Å². The number of aliphatic hydroxyl groups is 7. The molecule has 0 aromatic rings. The Labute approximate surface area is 432 Å². The fraction of sp³-hybridized carbons (Fsp3) is 0.754. The third-order valence-electron chi connectivity index (χ3n) is 12.7. The lowest BCUT2D eigenvalue weighted by molar-refractivity contribution is -0.332. The molecule has 7 N–H and O–H groups in total. The van der Waals surface area contributed by atoms with E-state index >= 15 is 0 Å². The number of carbonyl (C=O) groups excluding carboxylic acids is 2. The van der Waals surface area contributed by atoms with E-state index in [1.54, 1.807) is 0 Å². The van der Waals surface area contributed by atoms with Crippen molar-refractivity contribution in [3.05, 3.63) is 72.9 Å². The fourth-order valence-electron chi connectivity index (χ4n) is 8.20. The van der Waals surface area contributed by atoms with Gasteiger partial charge in [0.15, 0.2) is 18.7 Å². The second-order valence-corrected chi connectivity index (χ2v) is 19.0. The molecular formula is C57H96O15. The zero-order valence-corrected chi connectivity index (χ0v) is 43.9. The smallest absolute Gasteiger partial charge is 0.306 e. The monoisotopic (exact) mass is 1020 g/mol. The van der Waals surface area contributed by atoms with Crippen LogP contribution in [0.25, 0.3) is 0 Å². The highest BCUT2D eigenvalue weighted by atomic mass is 16.7. The zero-order valence-electron chi connectivity index (χ0n) is 43.9. The Morgan fingerprint density at radius 2 is 0.903 bits per heavy atom. The lowest BCUT2D eigenvalue weighted by Crippen LogP contribution is -2.61. The predicted octanol–water partition coefficient (Wildman–Crippen LogP) is 8.60. The molecule has 0 spiro atoms. The third kappa shape index (κ3) is 30.3. The van der Waals surface area contributed by atoms with Gasteiger partial charge in [0.25, 0.3) is 0 Å². The van der Waals surface area contributed by atoms with Crippen LogP contribution in [0.2, 0.25) is 0 Å². The summed E-state index contributed by atoms with van der Waals surface area (Å²) in [4.78, 5) is 25.8. The number of aliphatic hydroxyl groups excluding tert-OH is 7. The summed E-state index contributed by atoms with van der Waals surface area (Å²) in [5.41, 5.74) is 0. The first-order chi connectivity index (χ1) is 35.0. The van der Waals surface area contributed by atoms with Gasteiger partial charge in [-0.25, -0.2) is 0 Å². The van der Waals surface area contributed by atoms with Crippen molar-refractivity contribution >= 4 is 11.9 Å². The average Bonchev–Trinajstić information content (AvgIpc) is 3.37. The Morgan fingerprint density at radius 3 is 1.43 bits per heavy atom. The molecule has 15 heteroatoms. The number of ether oxygens (including phenoxy) is 6. The molecule has 11 atom stereocenters. The van der Waals surface area contributed by atoms with E-state index in [4.69, 9.17) is 28.4 Å². The van der Waals surface area contributed by atoms with Crippen molar-refractivity contribution in [2.24, 2.45) is 0 Å². The molecular weight excluding hydrogens is 925 g/mol. The first-order valence-corrected chi connectivity index (χ1v) is 27.5. The molecule has 0 aliphatic carbocycles. The molecule has 0 bridgehead atoms. The predicted molar refractivity (Wildman–Crippen MR) is 279 cm³/mol. The van der Waals surface area contributed by atoms with Crippen molar-refractivity contribution in [3.8, 4) is 0 Å². The van der Waals surface area contributed by atoms with Gasteiger partial charge in [-0.2, -0.15) is 0 Å². The molecule has 414 valence electrons. The van der Waals surface area contributed by atoms with Crippen molar-refractivity contribution in [1.82, 2.24) is 0 Å². The molecule has 2 saturated heterocycles. The van der Waals surface area contributed by atoms with Crippen LogP contribution in [0.5, 0.6) is 0 Å². The van der Waals surface area contributed by atoms with Gasteiger partial charge >= 0.3 is 11.9 Å². The molecule has 5 unspecified atom stereocenters. The van der Waals surface area contributed by atoms with Crippen molar-refractivity contribution in [2.45, 2.75) is 248 Å². The largest absolute Gasteiger partial charge is 0.462 e. The second kappa shape index (κ2) is 43.2. The Bertz CT molecular complexity index is 1530. The van der Waals surface area contributed by atoms with Crippen LogP contribution in [0.1, 0.15) is 181 Å². The summed E-state index contributed by atoms with van der Waals surface area (Å²) in [6.45, 7) is 2.40. The number of unbranched alkanes of at least 4 members (excludes halogenated alkanes) is 16. The van der Waals surface area contributed by atoms with Crippen molar-refractivity contribution in [3.63, 3.8) is 0 Å². The average molecular weight is 1020 g/mol. The van der Waals surface area contributed by atoms with Crippen LogP contribution >= 0.6 is 0 Å². The van der Waals surface area contributed by atoms with Gasteiger partial charge in [-0.05, 0) is 70.6 Å². The highest BCUT2D eigenvalue weighted by Gasteiger charge is 2.47. The highest BCUT2D eigenvalue weighted by molar-refractivity contribution is 5.70. The Morgan fingerprint density at radius 1 is 0.458 bits per heavy atom. The van der Waals surface area contributed by atoms with Gasteiger partial charge in [0.05, 0.1) is 19.8 Å². The van der Waals surface area contributed by atoms with E-state index in [1.165, 1.54) is 77.0 Å². The molecule has 0 aromatic carbocycles. The van der Waals surface area contributed by atoms with Crippen LogP contribution in [-0.2, 0) is 38.0 Å². The Hall–Kier alpha value is -3.06. The van der Waals surface area contributed by atoms with Gasteiger partial charge < -0.3 is 64.2 Å². The van der Waals surface area contributed by atoms with Crippen molar-refractivity contribution in [1.29, 1.82) is 0 Å². The minimum absolute atomic E-state index is 0.0555. The molecule has 0 aromatic heterocycles. The van der Waals surface area contributed by atoms with E-state index in [1.807, 2.05) is 12.2 Å². The van der Waals surface area contributed by atoms with Crippen molar-refractivity contribution < 1.29 is 73.8 Å². The Balaban J connectivity index is 1.76. The van der Waals surface area contributed by atoms with Gasteiger partial charge in [0.2, 0.25) is 0 Å². The van der Waals surface area contributed by atoms with Crippen LogP contribution < -0.4 is 0 Å². The molecule has 15 nitrogen and oxygen atoms in total. The van der Waals surface area contributed by atoms with E-state index in [-0.39, 0.29) is 19.4 Å². The number of carbonyl (C=O) groups is 2. The summed E-state index contributed by atoms with van der Waals surface area (Å²) in [5.74, 6) is -1.01. The molecule has 2 rings (SSSR count). The standard InChI is InChI=1S/C57H96O15/c1-3-5-7-9-11-13-15-17-18-19-20-21-22-23-24-25-26-28-29-31-33-35-37-39-48(59)67-42-45(70-49(60)40-38-36-34-32-30-27-16-14-12-10-8-6-4-2)43-68-56-55(66)53(64)51(62)47(72-56)44-69-57-54(65)52(63)50(61)46(41-58)71-57/h5,7,11,13,17-18,20-21,27,30,34,36,45-47,50-58,61-66H,3-4,6,8-10,12,14-16,19,22-26,28-29,31-33,35,37-44H2,1-2H3/b7-5+,13-11+,18-17+,21-20+,30-27+,36-34+/t45?,46-,47-,50+,51+,52?,53?,54?,55?,56-,57-/m1/s1. The third-order valence-corrected chi connectivity index (χ3v) is 12.7. The molecule has 0 amide bonds. The van der Waals surface area contributed by atoms with Gasteiger partial charge in [-0.1, -0.05) is 170 Å². The van der Waals surface area contributed by atoms with Crippen LogP contribution in [0.15, 0.2) is 72.9 Å². The molecule has 0 saturated carbocycles. The second-order valence-electron chi connectivity index (χ2n) is 19.0. The summed E-state index contributed by atoms with van der Waals surface area (Å²) >= 11 is 0. The van der Waals surface area contributed by atoms with E-state index in [0.717, 1.165) is 64.2 Å². The van der Waals surface area contributed by atoms with E-state index in [0.29, 0.717) is 12.8 Å². The maximum absolute atomic E-state index is 13.0. The van der Waals surface area contributed by atoms with Crippen LogP contribution in [0, 0.1) is 0 Å². The zero-order chi connectivity index (χ0) is 52.4. The summed E-state index contributed by atoms with van der Waals surface area (Å²) in [6, 6.07) is 0.